The molecule has 4 nitrogen and oxygen atoms in total. The largest absolute Gasteiger partial charge is 0.385 e. The Morgan fingerprint density at radius 2 is 1.86 bits per heavy atom. The molecule has 0 radical (unpaired) electrons. The van der Waals surface area contributed by atoms with Crippen molar-refractivity contribution in [2.45, 2.75) is 58.3 Å². The molecule has 1 aromatic rings. The van der Waals surface area contributed by atoms with Crippen LogP contribution in [0.5, 0.6) is 0 Å². The SMILES string of the molecule is CC1[C@@H](C)O[C@@H](C)CN1c1ccc(NCCCCCN)cc1. The average molecular weight is 305 g/mol. The monoisotopic (exact) mass is 305 g/mol. The van der Waals surface area contributed by atoms with Crippen molar-refractivity contribution in [2.24, 2.45) is 5.73 Å². The summed E-state index contributed by atoms with van der Waals surface area (Å²) < 4.78 is 5.90. The molecule has 1 aliphatic heterocycles. The zero-order chi connectivity index (χ0) is 15.9. The third-order valence-electron chi connectivity index (χ3n) is 4.48. The van der Waals surface area contributed by atoms with E-state index in [0.29, 0.717) is 6.04 Å². The van der Waals surface area contributed by atoms with Gasteiger partial charge in [-0.2, -0.15) is 0 Å². The van der Waals surface area contributed by atoms with Gasteiger partial charge in [-0.05, 0) is 64.4 Å². The number of benzene rings is 1. The average Bonchev–Trinajstić information content (AvgIpc) is 2.51. The summed E-state index contributed by atoms with van der Waals surface area (Å²) in [5, 5.41) is 3.48. The Morgan fingerprint density at radius 3 is 2.55 bits per heavy atom. The zero-order valence-corrected chi connectivity index (χ0v) is 14.2. The topological polar surface area (TPSA) is 50.5 Å². The second kappa shape index (κ2) is 8.39. The van der Waals surface area contributed by atoms with Crippen LogP contribution in [0.25, 0.3) is 0 Å². The number of rotatable bonds is 7. The lowest BCUT2D eigenvalue weighted by Crippen LogP contribution is -2.51. The Labute approximate surface area is 135 Å². The number of anilines is 2. The summed E-state index contributed by atoms with van der Waals surface area (Å²) >= 11 is 0. The van der Waals surface area contributed by atoms with E-state index in [9.17, 15) is 0 Å². The van der Waals surface area contributed by atoms with E-state index in [-0.39, 0.29) is 12.2 Å². The summed E-state index contributed by atoms with van der Waals surface area (Å²) in [6.07, 6.45) is 4.04. The van der Waals surface area contributed by atoms with Crippen LogP contribution in [-0.2, 0) is 4.74 Å². The number of nitrogens with two attached hydrogens (primary N) is 1. The lowest BCUT2D eigenvalue weighted by Gasteiger charge is -2.42. The number of ether oxygens (including phenoxy) is 1. The molecule has 3 N–H and O–H groups in total. The maximum atomic E-state index is 5.90. The molecule has 0 aliphatic carbocycles. The molecule has 0 saturated carbocycles. The van der Waals surface area contributed by atoms with Gasteiger partial charge in [-0.1, -0.05) is 6.42 Å². The predicted molar refractivity (Wildman–Crippen MR) is 94.7 cm³/mol. The molecule has 3 atom stereocenters. The third kappa shape index (κ3) is 4.62. The van der Waals surface area contributed by atoms with Crippen molar-refractivity contribution in [3.63, 3.8) is 0 Å². The molecule has 22 heavy (non-hydrogen) atoms. The van der Waals surface area contributed by atoms with Gasteiger partial charge >= 0.3 is 0 Å². The zero-order valence-electron chi connectivity index (χ0n) is 14.2. The maximum Gasteiger partial charge on any atom is 0.0751 e. The molecule has 1 fully saturated rings. The smallest absolute Gasteiger partial charge is 0.0751 e. The van der Waals surface area contributed by atoms with E-state index in [4.69, 9.17) is 10.5 Å². The van der Waals surface area contributed by atoms with Crippen LogP contribution in [0.2, 0.25) is 0 Å². The molecule has 1 unspecified atom stereocenters. The van der Waals surface area contributed by atoms with Gasteiger partial charge in [-0.15, -0.1) is 0 Å². The fourth-order valence-corrected chi connectivity index (χ4v) is 3.01. The van der Waals surface area contributed by atoms with Gasteiger partial charge in [0.1, 0.15) is 0 Å². The Kier molecular flexibility index (Phi) is 6.52. The first-order chi connectivity index (χ1) is 10.6. The fraction of sp³-hybridized carbons (Fsp3) is 0.667. The maximum absolute atomic E-state index is 5.90. The first kappa shape index (κ1) is 17.1. The molecule has 0 aromatic heterocycles. The molecule has 4 heteroatoms. The molecular weight excluding hydrogens is 274 g/mol. The molecule has 1 aromatic carbocycles. The Balaban J connectivity index is 1.88. The molecule has 1 heterocycles. The van der Waals surface area contributed by atoms with Gasteiger partial charge in [0.05, 0.1) is 18.2 Å². The third-order valence-corrected chi connectivity index (χ3v) is 4.48. The lowest BCUT2D eigenvalue weighted by molar-refractivity contribution is -0.0257. The van der Waals surface area contributed by atoms with Crippen LogP contribution in [0, 0.1) is 0 Å². The Hall–Kier alpha value is -1.26. The van der Waals surface area contributed by atoms with Crippen molar-refractivity contribution in [3.05, 3.63) is 24.3 Å². The van der Waals surface area contributed by atoms with E-state index >= 15 is 0 Å². The molecule has 124 valence electrons. The normalized spacial score (nSPS) is 25.3. The van der Waals surface area contributed by atoms with E-state index in [1.165, 1.54) is 24.2 Å². The lowest BCUT2D eigenvalue weighted by atomic mass is 10.1. The highest BCUT2D eigenvalue weighted by Gasteiger charge is 2.29. The van der Waals surface area contributed by atoms with Crippen molar-refractivity contribution in [3.8, 4) is 0 Å². The van der Waals surface area contributed by atoms with Crippen molar-refractivity contribution < 1.29 is 4.74 Å². The molecular formula is C18H31N3O. The highest BCUT2D eigenvalue weighted by Crippen LogP contribution is 2.26. The summed E-state index contributed by atoms with van der Waals surface area (Å²) in [5.41, 5.74) is 7.98. The summed E-state index contributed by atoms with van der Waals surface area (Å²) in [4.78, 5) is 2.45. The highest BCUT2D eigenvalue weighted by atomic mass is 16.5. The predicted octanol–water partition coefficient (Wildman–Crippen LogP) is 3.23. The van der Waals surface area contributed by atoms with Crippen LogP contribution >= 0.6 is 0 Å². The van der Waals surface area contributed by atoms with Gasteiger partial charge in [-0.25, -0.2) is 0 Å². The van der Waals surface area contributed by atoms with Gasteiger partial charge in [0.25, 0.3) is 0 Å². The van der Waals surface area contributed by atoms with E-state index in [1.54, 1.807) is 0 Å². The van der Waals surface area contributed by atoms with Gasteiger partial charge in [0.15, 0.2) is 0 Å². The molecule has 0 spiro atoms. The van der Waals surface area contributed by atoms with Crippen LogP contribution in [0.1, 0.15) is 40.0 Å². The van der Waals surface area contributed by atoms with Crippen LogP contribution < -0.4 is 16.0 Å². The number of morpholine rings is 1. The minimum Gasteiger partial charge on any atom is -0.385 e. The second-order valence-corrected chi connectivity index (χ2v) is 6.37. The van der Waals surface area contributed by atoms with Crippen LogP contribution in [-0.4, -0.2) is 37.9 Å². The number of nitrogens with one attached hydrogen (secondary N) is 1. The second-order valence-electron chi connectivity index (χ2n) is 6.37. The van der Waals surface area contributed by atoms with Crippen molar-refractivity contribution in [1.82, 2.24) is 0 Å². The minimum atomic E-state index is 0.268. The molecule has 1 aliphatic rings. The fourth-order valence-electron chi connectivity index (χ4n) is 3.01. The Morgan fingerprint density at radius 1 is 1.14 bits per heavy atom. The van der Waals surface area contributed by atoms with Crippen LogP contribution in [0.4, 0.5) is 11.4 Å². The number of hydrogen-bond acceptors (Lipinski definition) is 4. The summed E-state index contributed by atoms with van der Waals surface area (Å²) in [6, 6.07) is 9.18. The van der Waals surface area contributed by atoms with Gasteiger partial charge in [0.2, 0.25) is 0 Å². The van der Waals surface area contributed by atoms with E-state index in [0.717, 1.165) is 26.1 Å². The first-order valence-electron chi connectivity index (χ1n) is 8.58. The standard InChI is InChI=1S/C18H31N3O/c1-14-13-21(15(2)16(3)22-14)18-9-7-17(8-10-18)20-12-6-4-5-11-19/h7-10,14-16,20H,4-6,11-13,19H2,1-3H3/t14-,15?,16+/m0/s1. The number of nitrogens with zero attached hydrogens (tertiary/aromatic N) is 1. The Bertz CT molecular complexity index is 434. The van der Waals surface area contributed by atoms with Crippen LogP contribution in [0.15, 0.2) is 24.3 Å². The molecule has 0 amide bonds. The minimum absolute atomic E-state index is 0.268. The summed E-state index contributed by atoms with van der Waals surface area (Å²) in [5.74, 6) is 0. The van der Waals surface area contributed by atoms with Gasteiger partial charge in [0, 0.05) is 24.5 Å². The van der Waals surface area contributed by atoms with Gasteiger partial charge < -0.3 is 20.7 Å². The van der Waals surface area contributed by atoms with Crippen molar-refractivity contribution >= 4 is 11.4 Å². The van der Waals surface area contributed by atoms with Crippen LogP contribution in [0.3, 0.4) is 0 Å². The van der Waals surface area contributed by atoms with E-state index < -0.39 is 0 Å². The van der Waals surface area contributed by atoms with Gasteiger partial charge in [-0.3, -0.25) is 0 Å². The summed E-state index contributed by atoms with van der Waals surface area (Å²) in [7, 11) is 0. The molecule has 0 bridgehead atoms. The van der Waals surface area contributed by atoms with E-state index in [1.807, 2.05) is 0 Å². The van der Waals surface area contributed by atoms with E-state index in [2.05, 4.69) is 55.3 Å². The van der Waals surface area contributed by atoms with Crippen molar-refractivity contribution in [2.75, 3.05) is 29.9 Å². The highest BCUT2D eigenvalue weighted by molar-refractivity contribution is 5.56. The summed E-state index contributed by atoms with van der Waals surface area (Å²) in [6.45, 7) is 9.30. The number of unbranched alkanes of at least 4 members (excludes halogenated alkanes) is 2. The number of hydrogen-bond donors (Lipinski definition) is 2. The first-order valence-corrected chi connectivity index (χ1v) is 8.58. The van der Waals surface area contributed by atoms with Crippen molar-refractivity contribution in [1.29, 1.82) is 0 Å². The quantitative estimate of drug-likeness (QED) is 0.759. The molecule has 2 rings (SSSR count). The molecule has 1 saturated heterocycles.